The van der Waals surface area contributed by atoms with E-state index in [1.54, 1.807) is 17.6 Å². The molecule has 0 spiro atoms. The molecule has 0 bridgehead atoms. The lowest BCUT2D eigenvalue weighted by Crippen LogP contribution is -2.34. The lowest BCUT2D eigenvalue weighted by Gasteiger charge is -2.23. The summed E-state index contributed by atoms with van der Waals surface area (Å²) in [4.78, 5) is 10.7. The third-order valence-electron chi connectivity index (χ3n) is 4.92. The third-order valence-corrected chi connectivity index (χ3v) is 8.40. The van der Waals surface area contributed by atoms with E-state index in [4.69, 9.17) is 0 Å². The number of nitrogens with one attached hydrogen (secondary N) is 3. The molecule has 12 heteroatoms. The fourth-order valence-corrected chi connectivity index (χ4v) is 5.62. The molecule has 0 saturated carbocycles. The van der Waals surface area contributed by atoms with Gasteiger partial charge in [-0.25, -0.2) is 18.1 Å². The van der Waals surface area contributed by atoms with Crippen LogP contribution in [0, 0.1) is 6.92 Å². The molecule has 4 N–H and O–H groups in total. The lowest BCUT2D eigenvalue weighted by molar-refractivity contribution is 0.281. The van der Waals surface area contributed by atoms with E-state index >= 15 is 0 Å². The van der Waals surface area contributed by atoms with Gasteiger partial charge in [0.2, 0.25) is 16.0 Å². The van der Waals surface area contributed by atoms with Crippen LogP contribution in [-0.2, 0) is 10.0 Å². The molecule has 184 valence electrons. The number of aliphatic hydroxyl groups is 1. The fourth-order valence-electron chi connectivity index (χ4n) is 3.14. The molecule has 0 aliphatic heterocycles. The summed E-state index contributed by atoms with van der Waals surface area (Å²) >= 11 is 4.50. The van der Waals surface area contributed by atoms with Gasteiger partial charge in [0.15, 0.2) is 0 Å². The predicted molar refractivity (Wildman–Crippen MR) is 142 cm³/mol. The van der Waals surface area contributed by atoms with E-state index in [0.717, 1.165) is 29.1 Å². The Balaban J connectivity index is 1.62. The van der Waals surface area contributed by atoms with Gasteiger partial charge in [0, 0.05) is 42.9 Å². The van der Waals surface area contributed by atoms with Crippen LogP contribution < -0.4 is 20.3 Å². The van der Waals surface area contributed by atoms with Crippen molar-refractivity contribution in [1.29, 1.82) is 0 Å². The number of aryl methyl sites for hydroxylation is 1. The summed E-state index contributed by atoms with van der Waals surface area (Å²) in [5.74, 6) is 0.833. The highest BCUT2D eigenvalue weighted by atomic mass is 79.9. The van der Waals surface area contributed by atoms with Crippen LogP contribution in [0.1, 0.15) is 19.4 Å². The number of aromatic nitrogens is 2. The van der Waals surface area contributed by atoms with E-state index in [1.807, 2.05) is 39.0 Å². The summed E-state index contributed by atoms with van der Waals surface area (Å²) in [6, 6.07) is 9.52. The maximum atomic E-state index is 12.8. The number of aliphatic hydroxyl groups excluding tert-OH is 1. The van der Waals surface area contributed by atoms with E-state index in [9.17, 15) is 13.5 Å². The molecule has 0 amide bonds. The Morgan fingerprint density at radius 2 is 2.09 bits per heavy atom. The molecule has 0 radical (unpaired) electrons. The van der Waals surface area contributed by atoms with Gasteiger partial charge in [0.05, 0.1) is 16.8 Å². The molecule has 1 atom stereocenters. The molecule has 0 aliphatic carbocycles. The van der Waals surface area contributed by atoms with Gasteiger partial charge in [-0.1, -0.05) is 12.1 Å². The number of rotatable bonds is 12. The maximum Gasteiger partial charge on any atom is 0.250 e. The zero-order valence-electron chi connectivity index (χ0n) is 19.2. The average molecular weight is 570 g/mol. The van der Waals surface area contributed by atoms with E-state index in [2.05, 4.69) is 52.2 Å². The van der Waals surface area contributed by atoms with Crippen molar-refractivity contribution >= 4 is 60.4 Å². The number of sulfonamides is 1. The molecule has 3 aromatic rings. The highest BCUT2D eigenvalue weighted by Crippen LogP contribution is 2.27. The van der Waals surface area contributed by atoms with Gasteiger partial charge < -0.3 is 20.6 Å². The van der Waals surface area contributed by atoms with Crippen molar-refractivity contribution in [2.75, 3.05) is 41.8 Å². The van der Waals surface area contributed by atoms with Crippen LogP contribution in [0.3, 0.4) is 0 Å². The van der Waals surface area contributed by atoms with E-state index < -0.39 is 10.0 Å². The first-order valence-electron chi connectivity index (χ1n) is 10.8. The molecule has 34 heavy (non-hydrogen) atoms. The average Bonchev–Trinajstić information content (AvgIpc) is 3.28. The Bertz CT molecular complexity index is 1200. The number of anilines is 4. The van der Waals surface area contributed by atoms with Crippen molar-refractivity contribution in [2.24, 2.45) is 0 Å². The Kier molecular flexibility index (Phi) is 9.25. The summed E-state index contributed by atoms with van der Waals surface area (Å²) in [5.41, 5.74) is 2.81. The van der Waals surface area contributed by atoms with Crippen molar-refractivity contribution in [3.05, 3.63) is 51.9 Å². The summed E-state index contributed by atoms with van der Waals surface area (Å²) in [6.45, 7) is 7.49. The quantitative estimate of drug-likeness (QED) is 0.259. The second kappa shape index (κ2) is 11.9. The van der Waals surface area contributed by atoms with Crippen molar-refractivity contribution in [2.45, 2.75) is 31.0 Å². The molecule has 0 aliphatic rings. The molecular formula is C22H29BrN6O3S2. The fraction of sp³-hybridized carbons (Fsp3) is 0.364. The highest BCUT2D eigenvalue weighted by Gasteiger charge is 2.18. The molecule has 2 aromatic heterocycles. The Morgan fingerprint density at radius 1 is 1.29 bits per heavy atom. The van der Waals surface area contributed by atoms with Crippen LogP contribution in [0.2, 0.25) is 0 Å². The molecule has 1 aromatic carbocycles. The number of hydrogen-bond acceptors (Lipinski definition) is 9. The number of likely N-dealkylation sites (N-methyl/N-ethyl adjacent to an activating group) is 1. The Labute approximate surface area is 212 Å². The summed E-state index contributed by atoms with van der Waals surface area (Å²) < 4.78 is 29.1. The topological polar surface area (TPSA) is 119 Å². The molecule has 0 fully saturated rings. The number of thiophene rings is 1. The van der Waals surface area contributed by atoms with Crippen molar-refractivity contribution in [3.63, 3.8) is 0 Å². The van der Waals surface area contributed by atoms with Crippen molar-refractivity contribution in [1.82, 2.24) is 14.7 Å². The smallest absolute Gasteiger partial charge is 0.250 e. The van der Waals surface area contributed by atoms with Crippen LogP contribution in [0.15, 0.2) is 50.6 Å². The van der Waals surface area contributed by atoms with Crippen LogP contribution >= 0.6 is 27.3 Å². The normalized spacial score (nSPS) is 12.4. The second-order valence-corrected chi connectivity index (χ2v) is 11.5. The number of benzene rings is 1. The lowest BCUT2D eigenvalue weighted by atomic mass is 10.2. The number of hydrogen-bond donors (Lipinski definition) is 4. The largest absolute Gasteiger partial charge is 0.394 e. The van der Waals surface area contributed by atoms with Crippen LogP contribution in [0.25, 0.3) is 0 Å². The van der Waals surface area contributed by atoms with Gasteiger partial charge in [-0.3, -0.25) is 0 Å². The SMILES string of the molecule is CCN(CCNS(=O)(=O)c1cc(Nc2ncc(Br)c(N[C@H](C)CO)n2)cs1)c1cccc(C)c1. The molecule has 2 heterocycles. The summed E-state index contributed by atoms with van der Waals surface area (Å²) in [7, 11) is -3.65. The molecular weight excluding hydrogens is 540 g/mol. The van der Waals surface area contributed by atoms with Gasteiger partial charge in [-0.05, 0) is 60.5 Å². The summed E-state index contributed by atoms with van der Waals surface area (Å²) in [6.07, 6.45) is 1.58. The van der Waals surface area contributed by atoms with E-state index in [1.165, 1.54) is 0 Å². The monoisotopic (exact) mass is 568 g/mol. The zero-order chi connectivity index (χ0) is 24.7. The Hall–Kier alpha value is -2.25. The van der Waals surface area contributed by atoms with E-state index in [0.29, 0.717) is 35.0 Å². The minimum Gasteiger partial charge on any atom is -0.394 e. The number of halogens is 1. The van der Waals surface area contributed by atoms with Crippen molar-refractivity contribution in [3.8, 4) is 0 Å². The third kappa shape index (κ3) is 7.12. The molecule has 0 unspecified atom stereocenters. The van der Waals surface area contributed by atoms with Crippen LogP contribution in [0.5, 0.6) is 0 Å². The minimum absolute atomic E-state index is 0.0427. The molecule has 3 rings (SSSR count). The maximum absolute atomic E-state index is 12.8. The van der Waals surface area contributed by atoms with E-state index in [-0.39, 0.29) is 16.9 Å². The predicted octanol–water partition coefficient (Wildman–Crippen LogP) is 3.95. The minimum atomic E-state index is -3.65. The standard InChI is InChI=1S/C22H29BrN6O3S2/c1-4-29(18-7-5-6-15(2)10-18)9-8-25-34(31,32)20-11-17(14-33-20)27-22-24-12-19(23)21(28-22)26-16(3)13-30/h5-7,10-12,14,16,25,30H,4,8-9,13H2,1-3H3,(H2,24,26,27,28)/t16-/m1/s1. The molecule has 0 saturated heterocycles. The first kappa shape index (κ1) is 26.4. The second-order valence-electron chi connectivity index (χ2n) is 7.71. The molecule has 9 nitrogen and oxygen atoms in total. The Morgan fingerprint density at radius 3 is 2.79 bits per heavy atom. The number of nitrogens with zero attached hydrogens (tertiary/aromatic N) is 3. The zero-order valence-corrected chi connectivity index (χ0v) is 22.5. The van der Waals surface area contributed by atoms with Gasteiger partial charge in [0.25, 0.3) is 0 Å². The van der Waals surface area contributed by atoms with Crippen LogP contribution in [-0.4, -0.2) is 55.8 Å². The summed E-state index contributed by atoms with van der Waals surface area (Å²) in [5, 5.41) is 17.0. The first-order valence-corrected chi connectivity index (χ1v) is 13.9. The van der Waals surface area contributed by atoms with Gasteiger partial charge >= 0.3 is 0 Å². The van der Waals surface area contributed by atoms with Crippen molar-refractivity contribution < 1.29 is 13.5 Å². The van der Waals surface area contributed by atoms with Gasteiger partial charge in [-0.15, -0.1) is 11.3 Å². The first-order chi connectivity index (χ1) is 16.2. The highest BCUT2D eigenvalue weighted by molar-refractivity contribution is 9.10. The van der Waals surface area contributed by atoms with Gasteiger partial charge in [0.1, 0.15) is 10.0 Å². The van der Waals surface area contributed by atoms with Gasteiger partial charge in [-0.2, -0.15) is 4.98 Å². The van der Waals surface area contributed by atoms with Crippen LogP contribution in [0.4, 0.5) is 23.1 Å².